The summed E-state index contributed by atoms with van der Waals surface area (Å²) in [4.78, 5) is 25.5. The van der Waals surface area contributed by atoms with Crippen molar-refractivity contribution in [3.8, 4) is 0 Å². The van der Waals surface area contributed by atoms with Crippen molar-refractivity contribution in [2.24, 2.45) is 40.4 Å². The molecule has 4 fully saturated rings. The predicted molar refractivity (Wildman–Crippen MR) is 116 cm³/mol. The van der Waals surface area contributed by atoms with Crippen LogP contribution in [0.4, 0.5) is 0 Å². The highest BCUT2D eigenvalue weighted by atomic mass is 16.6. The van der Waals surface area contributed by atoms with Crippen LogP contribution >= 0.6 is 0 Å². The zero-order chi connectivity index (χ0) is 23.4. The fourth-order valence-corrected chi connectivity index (χ4v) is 7.60. The number of cyclic esters (lactones) is 1. The first-order valence-corrected chi connectivity index (χ1v) is 12.4. The fourth-order valence-electron chi connectivity index (χ4n) is 7.60. The highest BCUT2D eigenvalue weighted by molar-refractivity contribution is 5.75. The maximum Gasteiger partial charge on any atom is 0.335 e. The van der Waals surface area contributed by atoms with Crippen LogP contribution in [0, 0.1) is 40.4 Å². The average molecular weight is 453 g/mol. The molecule has 0 aromatic rings. The first kappa shape index (κ1) is 24.0. The van der Waals surface area contributed by atoms with Gasteiger partial charge >= 0.3 is 11.9 Å². The Balaban J connectivity index is 1.56. The van der Waals surface area contributed by atoms with Gasteiger partial charge in [-0.05, 0) is 67.6 Å². The van der Waals surface area contributed by atoms with E-state index in [1.807, 2.05) is 13.8 Å². The molecular weight excluding hydrogens is 412 g/mol. The molecule has 7 nitrogen and oxygen atoms in total. The molecule has 0 amide bonds. The van der Waals surface area contributed by atoms with Crippen LogP contribution in [0.25, 0.3) is 0 Å². The largest absolute Gasteiger partial charge is 0.465 e. The Morgan fingerprint density at radius 1 is 1.16 bits per heavy atom. The average Bonchev–Trinajstić information content (AvgIpc) is 3.04. The van der Waals surface area contributed by atoms with Gasteiger partial charge in [-0.2, -0.15) is 0 Å². The van der Waals surface area contributed by atoms with Crippen molar-refractivity contribution < 1.29 is 34.4 Å². The Labute approximate surface area is 190 Å². The normalized spacial score (nSPS) is 47.8. The van der Waals surface area contributed by atoms with Gasteiger partial charge in [0, 0.05) is 5.41 Å². The molecule has 0 radical (unpaired) electrons. The van der Waals surface area contributed by atoms with E-state index in [4.69, 9.17) is 9.47 Å². The van der Waals surface area contributed by atoms with Gasteiger partial charge in [-0.1, -0.05) is 34.1 Å². The number of hydrogen-bond acceptors (Lipinski definition) is 7. The molecule has 3 saturated carbocycles. The molecule has 0 aromatic heterocycles. The number of aliphatic hydroxyl groups excluding tert-OH is 3. The van der Waals surface area contributed by atoms with Gasteiger partial charge in [-0.3, -0.25) is 4.79 Å². The van der Waals surface area contributed by atoms with Gasteiger partial charge < -0.3 is 24.8 Å². The van der Waals surface area contributed by atoms with E-state index < -0.39 is 35.6 Å². The molecule has 1 saturated heterocycles. The van der Waals surface area contributed by atoms with E-state index in [0.717, 1.165) is 25.7 Å². The molecule has 0 aromatic carbocycles. The van der Waals surface area contributed by atoms with Crippen LogP contribution in [0.15, 0.2) is 0 Å². The first-order chi connectivity index (χ1) is 15.0. The van der Waals surface area contributed by atoms with Gasteiger partial charge in [-0.15, -0.1) is 0 Å². The Morgan fingerprint density at radius 2 is 1.84 bits per heavy atom. The van der Waals surface area contributed by atoms with Crippen LogP contribution in [0.2, 0.25) is 0 Å². The van der Waals surface area contributed by atoms with Crippen molar-refractivity contribution in [3.63, 3.8) is 0 Å². The molecule has 0 spiro atoms. The second-order valence-corrected chi connectivity index (χ2v) is 11.5. The number of rotatable bonds is 4. The van der Waals surface area contributed by atoms with Gasteiger partial charge in [0.2, 0.25) is 0 Å². The lowest BCUT2D eigenvalue weighted by Crippen LogP contribution is -2.55. The highest BCUT2D eigenvalue weighted by Gasteiger charge is 2.63. The predicted octanol–water partition coefficient (Wildman–Crippen LogP) is 2.44. The number of ether oxygens (including phenoxy) is 2. The zero-order valence-corrected chi connectivity index (χ0v) is 19.8. The molecule has 4 aliphatic rings. The number of fused-ring (bicyclic) bond motifs is 5. The van der Waals surface area contributed by atoms with Crippen molar-refractivity contribution in [2.45, 2.75) is 97.1 Å². The van der Waals surface area contributed by atoms with E-state index in [2.05, 4.69) is 13.8 Å². The minimum atomic E-state index is -1.10. The quantitative estimate of drug-likeness (QED) is 0.562. The molecule has 182 valence electrons. The summed E-state index contributed by atoms with van der Waals surface area (Å²) in [5.74, 6) is -0.746. The van der Waals surface area contributed by atoms with E-state index in [1.54, 1.807) is 0 Å². The van der Waals surface area contributed by atoms with Crippen molar-refractivity contribution in [3.05, 3.63) is 0 Å². The van der Waals surface area contributed by atoms with Gasteiger partial charge in [-0.25, -0.2) is 4.79 Å². The first-order valence-electron chi connectivity index (χ1n) is 12.4. The van der Waals surface area contributed by atoms with Crippen LogP contribution in [0.3, 0.4) is 0 Å². The lowest BCUT2D eigenvalue weighted by molar-refractivity contribution is -0.173. The Hall–Kier alpha value is -1.18. The van der Waals surface area contributed by atoms with Gasteiger partial charge in [0.1, 0.15) is 6.10 Å². The maximum absolute atomic E-state index is 12.9. The summed E-state index contributed by atoms with van der Waals surface area (Å²) in [7, 11) is 0. The Kier molecular flexibility index (Phi) is 6.40. The van der Waals surface area contributed by atoms with Crippen molar-refractivity contribution >= 4 is 11.9 Å². The smallest absolute Gasteiger partial charge is 0.335 e. The van der Waals surface area contributed by atoms with Crippen LogP contribution in [0.1, 0.15) is 72.6 Å². The second-order valence-electron chi connectivity index (χ2n) is 11.5. The topological polar surface area (TPSA) is 113 Å². The molecular formula is C25H40O7. The van der Waals surface area contributed by atoms with Crippen molar-refractivity contribution in [2.75, 3.05) is 6.61 Å². The molecule has 3 N–H and O–H groups in total. The SMILES string of the molecule is CC[C@H](C)[C@@H](O)C(=O)O[C@H]1CC[C@H]2[C@@H]3COC(=O)[C@H]4C[C@H](O)[C@H](O)C[C@]4(C)[C@H]3CC[C@]12C. The van der Waals surface area contributed by atoms with E-state index in [-0.39, 0.29) is 47.6 Å². The lowest BCUT2D eigenvalue weighted by atomic mass is 9.49. The van der Waals surface area contributed by atoms with Crippen LogP contribution in [-0.4, -0.2) is 58.3 Å². The van der Waals surface area contributed by atoms with Crippen LogP contribution < -0.4 is 0 Å². The van der Waals surface area contributed by atoms with Crippen LogP contribution in [0.5, 0.6) is 0 Å². The summed E-state index contributed by atoms with van der Waals surface area (Å²) >= 11 is 0. The maximum atomic E-state index is 12.9. The minimum absolute atomic E-state index is 0.137. The molecule has 1 heterocycles. The molecule has 4 rings (SSSR count). The summed E-state index contributed by atoms with van der Waals surface area (Å²) in [6.45, 7) is 8.41. The van der Waals surface area contributed by atoms with E-state index in [1.165, 1.54) is 0 Å². The van der Waals surface area contributed by atoms with Gasteiger partial charge in [0.15, 0.2) is 6.10 Å². The number of hydrogen-bond donors (Lipinski definition) is 3. The summed E-state index contributed by atoms with van der Waals surface area (Å²) in [5.41, 5.74) is -0.638. The molecule has 11 atom stereocenters. The van der Waals surface area contributed by atoms with E-state index >= 15 is 0 Å². The number of carbonyl (C=O) groups excluding carboxylic acids is 2. The lowest BCUT2D eigenvalue weighted by Gasteiger charge is -2.55. The molecule has 7 heteroatoms. The molecule has 3 aliphatic carbocycles. The third kappa shape index (κ3) is 3.68. The number of esters is 2. The van der Waals surface area contributed by atoms with E-state index in [0.29, 0.717) is 19.4 Å². The number of aliphatic hydroxyl groups is 3. The van der Waals surface area contributed by atoms with E-state index in [9.17, 15) is 24.9 Å². The van der Waals surface area contributed by atoms with Gasteiger partial charge in [0.25, 0.3) is 0 Å². The third-order valence-corrected chi connectivity index (χ3v) is 9.95. The van der Waals surface area contributed by atoms with Crippen molar-refractivity contribution in [1.82, 2.24) is 0 Å². The summed E-state index contributed by atoms with van der Waals surface area (Å²) in [5, 5.41) is 31.0. The molecule has 32 heavy (non-hydrogen) atoms. The fraction of sp³-hybridized carbons (Fsp3) is 0.920. The number of carbonyl (C=O) groups is 2. The third-order valence-electron chi connectivity index (χ3n) is 9.95. The minimum Gasteiger partial charge on any atom is -0.465 e. The van der Waals surface area contributed by atoms with Crippen molar-refractivity contribution in [1.29, 1.82) is 0 Å². The Morgan fingerprint density at radius 3 is 2.53 bits per heavy atom. The highest BCUT2D eigenvalue weighted by Crippen LogP contribution is 2.63. The molecule has 0 bridgehead atoms. The summed E-state index contributed by atoms with van der Waals surface area (Å²) in [6.07, 6.45) is 1.65. The second kappa shape index (κ2) is 8.55. The van der Waals surface area contributed by atoms with Crippen LogP contribution in [-0.2, 0) is 19.1 Å². The molecule has 1 aliphatic heterocycles. The van der Waals surface area contributed by atoms with Gasteiger partial charge in [0.05, 0.1) is 24.7 Å². The molecule has 0 unspecified atom stereocenters. The monoisotopic (exact) mass is 452 g/mol. The zero-order valence-electron chi connectivity index (χ0n) is 19.8. The Bertz CT molecular complexity index is 740. The standard InChI is InChI=1S/C25H40O7/c1-5-13(2)21(28)23(30)32-20-7-6-15-14-12-31-22(29)17-10-18(26)19(27)11-25(17,4)16(14)8-9-24(15,20)3/h13-21,26-28H,5-12H2,1-4H3/t13-,14-,15-,16-,17+,18-,19+,20-,21+,24-,25+/m0/s1. The summed E-state index contributed by atoms with van der Waals surface area (Å²) < 4.78 is 11.7. The summed E-state index contributed by atoms with van der Waals surface area (Å²) in [6, 6.07) is 0.